The molecular formula is C24H29FN4O2. The lowest BCUT2D eigenvalue weighted by Gasteiger charge is -2.22. The first-order valence-electron chi connectivity index (χ1n) is 10.9. The number of amides is 2. The minimum Gasteiger partial charge on any atom is -0.391 e. The number of aliphatic hydroxyl groups excluding tert-OH is 1. The molecule has 2 heterocycles. The highest BCUT2D eigenvalue weighted by atomic mass is 19.1. The van der Waals surface area contributed by atoms with E-state index < -0.39 is 6.10 Å². The molecule has 1 fully saturated rings. The van der Waals surface area contributed by atoms with E-state index in [-0.39, 0.29) is 11.8 Å². The zero-order valence-corrected chi connectivity index (χ0v) is 18.0. The number of hydrogen-bond donors (Lipinski definition) is 1. The first-order valence-corrected chi connectivity index (χ1v) is 10.9. The molecular weight excluding hydrogens is 395 g/mol. The standard InChI is InChI=1S/C24H29FN4O2/c1-17(2)7-5-8-18(30)16-27-13-14-28(24(27)31)21-11-6-12-22-19(21)15-26-29(22)23-10-4-3-9-20(23)25/h3-4,6,9-12,15,17-18,30H,5,7-8,13-14,16H2,1-2H3. The van der Waals surface area contributed by atoms with E-state index in [1.165, 1.54) is 6.07 Å². The second kappa shape index (κ2) is 9.06. The fraction of sp³-hybridized carbons (Fsp3) is 0.417. The number of nitrogens with zero attached hydrogens (tertiary/aromatic N) is 4. The van der Waals surface area contributed by atoms with Crippen LogP contribution in [0.4, 0.5) is 14.9 Å². The zero-order chi connectivity index (χ0) is 22.0. The van der Waals surface area contributed by atoms with E-state index in [0.29, 0.717) is 37.7 Å². The maximum Gasteiger partial charge on any atom is 0.324 e. The van der Waals surface area contributed by atoms with Crippen molar-refractivity contribution in [2.75, 3.05) is 24.5 Å². The number of anilines is 1. The summed E-state index contributed by atoms with van der Waals surface area (Å²) in [4.78, 5) is 16.5. The molecule has 0 aliphatic carbocycles. The Balaban J connectivity index is 1.52. The van der Waals surface area contributed by atoms with Crippen LogP contribution in [0.3, 0.4) is 0 Å². The minimum atomic E-state index is -0.512. The normalized spacial score (nSPS) is 15.5. The number of hydrogen-bond acceptors (Lipinski definition) is 3. The molecule has 4 rings (SSSR count). The van der Waals surface area contributed by atoms with Crippen molar-refractivity contribution in [1.82, 2.24) is 14.7 Å². The van der Waals surface area contributed by atoms with Crippen molar-refractivity contribution in [2.45, 2.75) is 39.2 Å². The van der Waals surface area contributed by atoms with Crippen LogP contribution in [0.2, 0.25) is 0 Å². The average Bonchev–Trinajstić information content (AvgIpc) is 3.32. The molecule has 1 atom stereocenters. The summed E-state index contributed by atoms with van der Waals surface area (Å²) in [6, 6.07) is 12.0. The number of aliphatic hydroxyl groups is 1. The van der Waals surface area contributed by atoms with Crippen LogP contribution in [-0.4, -0.2) is 51.6 Å². The molecule has 3 aromatic rings. The predicted octanol–water partition coefficient (Wildman–Crippen LogP) is 4.59. The summed E-state index contributed by atoms with van der Waals surface area (Å²) >= 11 is 0. The van der Waals surface area contributed by atoms with Gasteiger partial charge in [-0.25, -0.2) is 13.9 Å². The fourth-order valence-corrected chi connectivity index (χ4v) is 4.17. The van der Waals surface area contributed by atoms with Gasteiger partial charge in [0, 0.05) is 25.0 Å². The third kappa shape index (κ3) is 4.42. The number of fused-ring (bicyclic) bond motifs is 1. The first kappa shape index (κ1) is 21.3. The number of β-amino-alcohol motifs (C(OH)–C–C–N with tert-alkyl or cyclic N) is 1. The van der Waals surface area contributed by atoms with E-state index in [4.69, 9.17) is 0 Å². The Kier molecular flexibility index (Phi) is 6.23. The molecule has 1 aromatic heterocycles. The highest BCUT2D eigenvalue weighted by Gasteiger charge is 2.32. The van der Waals surface area contributed by atoms with Crippen molar-refractivity contribution in [3.05, 3.63) is 54.5 Å². The molecule has 1 saturated heterocycles. The average molecular weight is 425 g/mol. The molecule has 0 bridgehead atoms. The van der Waals surface area contributed by atoms with Gasteiger partial charge in [-0.15, -0.1) is 0 Å². The van der Waals surface area contributed by atoms with E-state index in [1.807, 2.05) is 18.2 Å². The Morgan fingerprint density at radius 3 is 2.61 bits per heavy atom. The molecule has 7 heteroatoms. The summed E-state index contributed by atoms with van der Waals surface area (Å²) < 4.78 is 15.9. The van der Waals surface area contributed by atoms with Crippen LogP contribution in [0.25, 0.3) is 16.6 Å². The predicted molar refractivity (Wildman–Crippen MR) is 120 cm³/mol. The van der Waals surface area contributed by atoms with Crippen LogP contribution in [0.5, 0.6) is 0 Å². The molecule has 2 amide bonds. The topological polar surface area (TPSA) is 61.6 Å². The molecule has 1 unspecified atom stereocenters. The molecule has 6 nitrogen and oxygen atoms in total. The zero-order valence-electron chi connectivity index (χ0n) is 18.0. The number of carbonyl (C=O) groups excluding carboxylic acids is 1. The van der Waals surface area contributed by atoms with Crippen molar-refractivity contribution in [2.24, 2.45) is 5.92 Å². The maximum absolute atomic E-state index is 14.3. The van der Waals surface area contributed by atoms with Crippen molar-refractivity contribution in [3.8, 4) is 5.69 Å². The van der Waals surface area contributed by atoms with E-state index in [1.54, 1.807) is 38.9 Å². The van der Waals surface area contributed by atoms with Gasteiger partial charge in [0.25, 0.3) is 0 Å². The molecule has 0 saturated carbocycles. The minimum absolute atomic E-state index is 0.117. The number of carbonyl (C=O) groups is 1. The van der Waals surface area contributed by atoms with Gasteiger partial charge in [0.2, 0.25) is 0 Å². The van der Waals surface area contributed by atoms with Gasteiger partial charge in [-0.3, -0.25) is 4.90 Å². The van der Waals surface area contributed by atoms with Crippen LogP contribution in [-0.2, 0) is 0 Å². The highest BCUT2D eigenvalue weighted by Crippen LogP contribution is 2.31. The van der Waals surface area contributed by atoms with Gasteiger partial charge >= 0.3 is 6.03 Å². The molecule has 31 heavy (non-hydrogen) atoms. The smallest absolute Gasteiger partial charge is 0.324 e. The largest absolute Gasteiger partial charge is 0.391 e. The van der Waals surface area contributed by atoms with Crippen molar-refractivity contribution in [1.29, 1.82) is 0 Å². The Hall–Kier alpha value is -2.93. The van der Waals surface area contributed by atoms with Gasteiger partial charge in [-0.05, 0) is 36.6 Å². The number of benzene rings is 2. The van der Waals surface area contributed by atoms with Crippen LogP contribution in [0.15, 0.2) is 48.7 Å². The Labute approximate surface area is 181 Å². The van der Waals surface area contributed by atoms with Crippen LogP contribution in [0.1, 0.15) is 33.1 Å². The Bertz CT molecular complexity index is 1060. The Morgan fingerprint density at radius 2 is 1.84 bits per heavy atom. The maximum atomic E-state index is 14.3. The number of para-hydroxylation sites is 1. The van der Waals surface area contributed by atoms with Crippen LogP contribution < -0.4 is 4.90 Å². The molecule has 0 spiro atoms. The fourth-order valence-electron chi connectivity index (χ4n) is 4.17. The quantitative estimate of drug-likeness (QED) is 0.575. The lowest BCUT2D eigenvalue weighted by atomic mass is 10.0. The molecule has 1 N–H and O–H groups in total. The van der Waals surface area contributed by atoms with Gasteiger partial charge in [-0.1, -0.05) is 44.9 Å². The Morgan fingerprint density at radius 1 is 1.06 bits per heavy atom. The van der Waals surface area contributed by atoms with Crippen LogP contribution in [0, 0.1) is 11.7 Å². The van der Waals surface area contributed by atoms with E-state index in [0.717, 1.165) is 29.4 Å². The van der Waals surface area contributed by atoms with Crippen molar-refractivity contribution in [3.63, 3.8) is 0 Å². The second-order valence-corrected chi connectivity index (χ2v) is 8.58. The summed E-state index contributed by atoms with van der Waals surface area (Å²) in [5.74, 6) is 0.259. The summed E-state index contributed by atoms with van der Waals surface area (Å²) in [5.41, 5.74) is 1.86. The SMILES string of the molecule is CC(C)CCCC(O)CN1CCN(c2cccc3c2cnn3-c2ccccc2F)C1=O. The molecule has 1 aliphatic heterocycles. The van der Waals surface area contributed by atoms with Crippen molar-refractivity contribution < 1.29 is 14.3 Å². The third-order valence-electron chi connectivity index (χ3n) is 5.81. The van der Waals surface area contributed by atoms with E-state index in [9.17, 15) is 14.3 Å². The number of urea groups is 1. The first-order chi connectivity index (χ1) is 15.0. The van der Waals surface area contributed by atoms with Crippen molar-refractivity contribution >= 4 is 22.6 Å². The lowest BCUT2D eigenvalue weighted by molar-refractivity contribution is 0.121. The molecule has 164 valence electrons. The van der Waals surface area contributed by atoms with Gasteiger partial charge in [0.05, 0.1) is 23.5 Å². The lowest BCUT2D eigenvalue weighted by Crippen LogP contribution is -2.37. The third-order valence-corrected chi connectivity index (χ3v) is 5.81. The number of aromatic nitrogens is 2. The van der Waals surface area contributed by atoms with Gasteiger partial charge in [-0.2, -0.15) is 5.10 Å². The molecule has 2 aromatic carbocycles. The molecule has 1 aliphatic rings. The summed E-state index contributed by atoms with van der Waals surface area (Å²) in [6.45, 7) is 5.80. The molecule has 0 radical (unpaired) electrons. The number of rotatable bonds is 8. The van der Waals surface area contributed by atoms with E-state index in [2.05, 4.69) is 18.9 Å². The monoisotopic (exact) mass is 424 g/mol. The van der Waals surface area contributed by atoms with Gasteiger partial charge < -0.3 is 10.0 Å². The van der Waals surface area contributed by atoms with Gasteiger partial charge in [0.1, 0.15) is 11.5 Å². The summed E-state index contributed by atoms with van der Waals surface area (Å²) in [5, 5.41) is 15.5. The highest BCUT2D eigenvalue weighted by molar-refractivity contribution is 6.03. The summed E-state index contributed by atoms with van der Waals surface area (Å²) in [7, 11) is 0. The van der Waals surface area contributed by atoms with E-state index >= 15 is 0 Å². The van der Waals surface area contributed by atoms with Crippen LogP contribution >= 0.6 is 0 Å². The summed E-state index contributed by atoms with van der Waals surface area (Å²) in [6.07, 6.45) is 3.90. The second-order valence-electron chi connectivity index (χ2n) is 8.58. The number of halogens is 1. The van der Waals surface area contributed by atoms with Gasteiger partial charge in [0.15, 0.2) is 0 Å².